The molecule has 0 aliphatic heterocycles. The van der Waals surface area contributed by atoms with Crippen LogP contribution in [0.3, 0.4) is 0 Å². The van der Waals surface area contributed by atoms with Crippen molar-refractivity contribution in [2.75, 3.05) is 48.6 Å². The van der Waals surface area contributed by atoms with Gasteiger partial charge < -0.3 is 20.4 Å². The first-order chi connectivity index (χ1) is 31.9. The van der Waals surface area contributed by atoms with Crippen LogP contribution >= 0.6 is 23.5 Å². The fourth-order valence-corrected chi connectivity index (χ4v) is 9.39. The number of fused-ring (bicyclic) bond motifs is 2. The fraction of sp³-hybridized carbons (Fsp3) is 0.182. The fourth-order valence-electron chi connectivity index (χ4n) is 7.63. The van der Waals surface area contributed by atoms with E-state index in [-0.39, 0.29) is 0 Å². The average Bonchev–Trinajstić information content (AvgIpc) is 3.32. The molecule has 0 radical (unpaired) electrons. The maximum atomic E-state index is 5.07. The van der Waals surface area contributed by atoms with E-state index in [1.165, 1.54) is 0 Å². The minimum absolute atomic E-state index is 0.308. The third-order valence-electron chi connectivity index (χ3n) is 11.5. The number of rotatable bonds is 14. The molecule has 0 unspecified atom stereocenters. The van der Waals surface area contributed by atoms with Crippen LogP contribution in [0.1, 0.15) is 50.9 Å². The number of benzene rings is 4. The highest BCUT2D eigenvalue weighted by Crippen LogP contribution is 2.41. The Hall–Kier alpha value is -6.95. The summed E-state index contributed by atoms with van der Waals surface area (Å²) in [6, 6.07) is 47.2. The number of nitrogens with zero attached hydrogens (tertiary/aromatic N) is 7. The minimum atomic E-state index is 0.308. The van der Waals surface area contributed by atoms with E-state index in [0.29, 0.717) is 11.8 Å². The van der Waals surface area contributed by atoms with Crippen molar-refractivity contribution in [3.63, 3.8) is 0 Å². The largest absolute Gasteiger partial charge is 0.378 e. The monoisotopic (exact) mass is 903 g/mol. The van der Waals surface area contributed by atoms with Gasteiger partial charge in [0, 0.05) is 111 Å². The van der Waals surface area contributed by atoms with Crippen molar-refractivity contribution in [3.8, 4) is 22.4 Å². The van der Waals surface area contributed by atoms with Crippen LogP contribution in [-0.4, -0.2) is 53.1 Å². The maximum Gasteiger partial charge on any atom is 0.161 e. The number of aromatic nitrogens is 5. The molecule has 0 bridgehead atoms. The molecule has 9 rings (SSSR count). The Balaban J connectivity index is 1.05. The van der Waals surface area contributed by atoms with E-state index in [1.54, 1.807) is 23.5 Å². The average molecular weight is 904 g/mol. The summed E-state index contributed by atoms with van der Waals surface area (Å²) in [5, 5.41) is 9.51. The van der Waals surface area contributed by atoms with Crippen LogP contribution in [0.5, 0.6) is 0 Å². The molecule has 0 spiro atoms. The second kappa shape index (κ2) is 19.3. The molecule has 0 aliphatic rings. The Bertz CT molecular complexity index is 2940. The van der Waals surface area contributed by atoms with Gasteiger partial charge in [-0.3, -0.25) is 4.98 Å². The zero-order valence-electron chi connectivity index (χ0n) is 38.5. The van der Waals surface area contributed by atoms with Gasteiger partial charge in [-0.15, -0.1) is 0 Å². The van der Waals surface area contributed by atoms with Crippen LogP contribution < -0.4 is 20.4 Å². The predicted molar refractivity (Wildman–Crippen MR) is 279 cm³/mol. The summed E-state index contributed by atoms with van der Waals surface area (Å²) < 4.78 is 0. The molecule has 4 aromatic carbocycles. The molecule has 330 valence electrons. The molecule has 9 nitrogen and oxygen atoms in total. The number of hydrogen-bond donors (Lipinski definition) is 2. The molecule has 0 aliphatic carbocycles. The van der Waals surface area contributed by atoms with Crippen LogP contribution in [0.4, 0.5) is 34.1 Å². The molecule has 0 saturated heterocycles. The van der Waals surface area contributed by atoms with Gasteiger partial charge in [-0.25, -0.2) is 19.9 Å². The van der Waals surface area contributed by atoms with Crippen LogP contribution in [-0.2, 0) is 0 Å². The van der Waals surface area contributed by atoms with Crippen LogP contribution in [0, 0.1) is 0 Å². The van der Waals surface area contributed by atoms with E-state index in [2.05, 4.69) is 208 Å². The molecule has 0 atom stereocenters. The number of hydrogen-bond acceptors (Lipinski definition) is 11. The molecule has 0 fully saturated rings. The first-order valence-electron chi connectivity index (χ1n) is 22.2. The molecule has 0 amide bonds. The van der Waals surface area contributed by atoms with Crippen molar-refractivity contribution in [2.45, 2.75) is 59.1 Å². The highest BCUT2D eigenvalue weighted by atomic mass is 32.2. The summed E-state index contributed by atoms with van der Waals surface area (Å²) in [5.41, 5.74) is 13.6. The summed E-state index contributed by atoms with van der Waals surface area (Å²) in [6.45, 7) is 8.61. The first-order valence-corrected chi connectivity index (χ1v) is 23.8. The third-order valence-corrected chi connectivity index (χ3v) is 13.7. The van der Waals surface area contributed by atoms with Gasteiger partial charge >= 0.3 is 0 Å². The quantitative estimate of drug-likeness (QED) is 0.109. The van der Waals surface area contributed by atoms with Crippen molar-refractivity contribution in [2.24, 2.45) is 0 Å². The lowest BCUT2D eigenvalue weighted by Crippen LogP contribution is -2.07. The lowest BCUT2D eigenvalue weighted by atomic mass is 10.0. The van der Waals surface area contributed by atoms with Gasteiger partial charge in [-0.05, 0) is 133 Å². The Morgan fingerprint density at radius 3 is 1.33 bits per heavy atom. The highest BCUT2D eigenvalue weighted by Gasteiger charge is 2.16. The van der Waals surface area contributed by atoms with Gasteiger partial charge in [0.1, 0.15) is 0 Å². The van der Waals surface area contributed by atoms with E-state index < -0.39 is 0 Å². The van der Waals surface area contributed by atoms with Crippen molar-refractivity contribution in [1.82, 2.24) is 24.9 Å². The van der Waals surface area contributed by atoms with Crippen molar-refractivity contribution >= 4 is 79.7 Å². The Labute approximate surface area is 396 Å². The van der Waals surface area contributed by atoms with Crippen LogP contribution in [0.2, 0.25) is 0 Å². The minimum Gasteiger partial charge on any atom is -0.378 e. The molecular formula is C55H53N9S2. The number of anilines is 6. The number of nitrogens with one attached hydrogen (secondary N) is 2. The Morgan fingerprint density at radius 2 is 0.894 bits per heavy atom. The molecule has 5 heterocycles. The van der Waals surface area contributed by atoms with E-state index in [4.69, 9.17) is 15.0 Å². The highest BCUT2D eigenvalue weighted by molar-refractivity contribution is 7.99. The van der Waals surface area contributed by atoms with Gasteiger partial charge in [0.25, 0.3) is 0 Å². The Morgan fingerprint density at radius 1 is 0.439 bits per heavy atom. The maximum absolute atomic E-state index is 5.07. The van der Waals surface area contributed by atoms with Gasteiger partial charge in [0.2, 0.25) is 0 Å². The zero-order chi connectivity index (χ0) is 45.9. The summed E-state index contributed by atoms with van der Waals surface area (Å²) in [4.78, 5) is 32.8. The van der Waals surface area contributed by atoms with Crippen LogP contribution in [0.15, 0.2) is 172 Å². The van der Waals surface area contributed by atoms with Gasteiger partial charge in [0.15, 0.2) is 11.3 Å². The Kier molecular flexibility index (Phi) is 12.9. The SMILES string of the molecule is CC(C)c1ccc2c(Nc3cc(-c4ccc(-c5ccc(Sc6ccc(N(C)C)cc6)c(Nc6ccnc7nc(C(C)C)ccc67)c5)nc4)ccc3Sc3ccc(N(C)C)cc3)ccnc2n1. The van der Waals surface area contributed by atoms with Gasteiger partial charge in [0.05, 0.1) is 28.4 Å². The topological polar surface area (TPSA) is 95.0 Å². The van der Waals surface area contributed by atoms with E-state index in [1.807, 2.05) is 30.7 Å². The second-order valence-corrected chi connectivity index (χ2v) is 19.6. The molecule has 66 heavy (non-hydrogen) atoms. The van der Waals surface area contributed by atoms with E-state index in [9.17, 15) is 0 Å². The van der Waals surface area contributed by atoms with Crippen molar-refractivity contribution < 1.29 is 0 Å². The molecule has 11 heteroatoms. The standard InChI is InChI=1S/C55H53N9S2/c1-34(2)45-23-20-43-48(27-29-56-54(43)61-45)59-50-31-36(10-25-52(50)65-41-16-12-39(13-17-41)63(5)6)38-9-22-47(58-33-38)37-11-26-53(66-42-18-14-40(15-19-42)64(7)8)51(32-37)60-49-28-30-57-55-44(49)21-24-46(62-55)35(3)4/h9-35H,1-8H3,(H,56,59,61)(H,57,60,62). The molecule has 9 aromatic rings. The second-order valence-electron chi connectivity index (χ2n) is 17.3. The van der Waals surface area contributed by atoms with Gasteiger partial charge in [-0.2, -0.15) is 0 Å². The lowest BCUT2D eigenvalue weighted by molar-refractivity contribution is 0.828. The third kappa shape index (κ3) is 9.83. The summed E-state index contributed by atoms with van der Waals surface area (Å²) in [7, 11) is 8.24. The van der Waals surface area contributed by atoms with E-state index >= 15 is 0 Å². The van der Waals surface area contributed by atoms with Crippen LogP contribution in [0.25, 0.3) is 44.5 Å². The first kappa shape index (κ1) is 44.3. The summed E-state index contributed by atoms with van der Waals surface area (Å²) in [6.07, 6.45) is 5.62. The van der Waals surface area contributed by atoms with E-state index in [0.717, 1.165) is 110 Å². The molecular weight excluding hydrogens is 851 g/mol. The molecule has 5 aromatic heterocycles. The van der Waals surface area contributed by atoms with Crippen molar-refractivity contribution in [3.05, 3.63) is 163 Å². The lowest BCUT2D eigenvalue weighted by Gasteiger charge is -2.17. The molecule has 0 saturated carbocycles. The van der Waals surface area contributed by atoms with Crippen molar-refractivity contribution in [1.29, 1.82) is 0 Å². The normalized spacial score (nSPS) is 11.4. The summed E-state index contributed by atoms with van der Waals surface area (Å²) in [5.74, 6) is 0.618. The zero-order valence-corrected chi connectivity index (χ0v) is 40.2. The number of pyridine rings is 5. The predicted octanol–water partition coefficient (Wildman–Crippen LogP) is 14.5. The smallest absolute Gasteiger partial charge is 0.161 e. The molecule has 2 N–H and O–H groups in total. The van der Waals surface area contributed by atoms with Gasteiger partial charge in [-0.1, -0.05) is 69.4 Å². The summed E-state index contributed by atoms with van der Waals surface area (Å²) >= 11 is 3.46.